The molecule has 1 fully saturated rings. The fraction of sp³-hybridized carbons (Fsp3) is 0.588. The van der Waals surface area contributed by atoms with Gasteiger partial charge in [-0.05, 0) is 49.9 Å². The van der Waals surface area contributed by atoms with Gasteiger partial charge in [0.1, 0.15) is 0 Å². The number of carbonyl (C=O) groups is 1. The molecule has 1 unspecified atom stereocenters. The van der Waals surface area contributed by atoms with Gasteiger partial charge >= 0.3 is 0 Å². The Bertz CT molecular complexity index is 662. The van der Waals surface area contributed by atoms with E-state index in [2.05, 4.69) is 5.32 Å². The minimum absolute atomic E-state index is 0.0674. The molecule has 134 valence electrons. The number of anilines is 1. The number of benzene rings is 1. The summed E-state index contributed by atoms with van der Waals surface area (Å²) in [4.78, 5) is 12.1. The molecule has 1 amide bonds. The number of hydrogen-bond donors (Lipinski definition) is 1. The molecule has 1 aromatic rings. The lowest BCUT2D eigenvalue weighted by atomic mass is 10.1. The summed E-state index contributed by atoms with van der Waals surface area (Å²) in [6, 6.07) is 5.82. The summed E-state index contributed by atoms with van der Waals surface area (Å²) in [5.41, 5.74) is 2.88. The first-order valence-corrected chi connectivity index (χ1v) is 10.0. The molecule has 1 aromatic carbocycles. The highest BCUT2D eigenvalue weighted by Gasteiger charge is 2.25. The Morgan fingerprint density at radius 2 is 1.96 bits per heavy atom. The molecule has 24 heavy (non-hydrogen) atoms. The maximum atomic E-state index is 12.1. The van der Waals surface area contributed by atoms with E-state index >= 15 is 0 Å². The molecule has 1 aliphatic heterocycles. The number of ether oxygens (including phenoxy) is 1. The molecule has 6 nitrogen and oxygen atoms in total. The normalized spacial score (nSPS) is 18.1. The molecule has 2 rings (SSSR count). The van der Waals surface area contributed by atoms with E-state index in [-0.39, 0.29) is 25.0 Å². The van der Waals surface area contributed by atoms with E-state index in [1.807, 2.05) is 32.0 Å². The number of hydrogen-bond acceptors (Lipinski definition) is 4. The lowest BCUT2D eigenvalue weighted by Crippen LogP contribution is -2.38. The lowest BCUT2D eigenvalue weighted by molar-refractivity contribution is -0.116. The monoisotopic (exact) mass is 354 g/mol. The van der Waals surface area contributed by atoms with Gasteiger partial charge < -0.3 is 10.1 Å². The zero-order chi connectivity index (χ0) is 17.7. The number of nitrogens with zero attached hydrogens (tertiary/aromatic N) is 1. The van der Waals surface area contributed by atoms with E-state index in [1.54, 1.807) is 0 Å². The molecule has 7 heteroatoms. The number of carbonyl (C=O) groups excluding carboxylic acids is 1. The summed E-state index contributed by atoms with van der Waals surface area (Å²) in [6.45, 7) is 5.09. The molecule has 0 bridgehead atoms. The molecule has 0 radical (unpaired) electrons. The first-order chi connectivity index (χ1) is 11.2. The van der Waals surface area contributed by atoms with Crippen molar-refractivity contribution >= 4 is 21.6 Å². The van der Waals surface area contributed by atoms with Crippen LogP contribution in [0.3, 0.4) is 0 Å². The van der Waals surface area contributed by atoms with Gasteiger partial charge in [0.05, 0.1) is 12.4 Å². The number of sulfonamides is 1. The maximum absolute atomic E-state index is 12.1. The summed E-state index contributed by atoms with van der Waals surface area (Å²) in [5, 5.41) is 2.83. The topological polar surface area (TPSA) is 75.7 Å². The third kappa shape index (κ3) is 5.89. The molecule has 1 heterocycles. The average molecular weight is 354 g/mol. The Morgan fingerprint density at radius 1 is 1.29 bits per heavy atom. The minimum Gasteiger partial charge on any atom is -0.377 e. The van der Waals surface area contributed by atoms with Crippen molar-refractivity contribution in [2.45, 2.75) is 39.2 Å². The Balaban J connectivity index is 1.91. The molecule has 0 saturated carbocycles. The number of amides is 1. The van der Waals surface area contributed by atoms with Crippen molar-refractivity contribution in [3.63, 3.8) is 0 Å². The number of aryl methyl sites for hydroxylation is 2. The highest BCUT2D eigenvalue weighted by atomic mass is 32.2. The second kappa shape index (κ2) is 8.09. The molecule has 1 aliphatic rings. The van der Waals surface area contributed by atoms with Crippen molar-refractivity contribution in [2.75, 3.05) is 31.3 Å². The SMILES string of the molecule is Cc1cc(C)cc(NC(=O)CCN(CC2CCCO2)S(C)(=O)=O)c1. The molecule has 1 atom stereocenters. The standard InChI is InChI=1S/C17H26N2O4S/c1-13-9-14(2)11-15(10-13)18-17(20)6-7-19(24(3,21)22)12-16-5-4-8-23-16/h9-11,16H,4-8,12H2,1-3H3,(H,18,20). The van der Waals surface area contributed by atoms with Gasteiger partial charge in [0.2, 0.25) is 15.9 Å². The van der Waals surface area contributed by atoms with Crippen molar-refractivity contribution in [2.24, 2.45) is 0 Å². The van der Waals surface area contributed by atoms with Crippen LogP contribution in [0.2, 0.25) is 0 Å². The van der Waals surface area contributed by atoms with Crippen molar-refractivity contribution < 1.29 is 17.9 Å². The van der Waals surface area contributed by atoms with E-state index in [9.17, 15) is 13.2 Å². The summed E-state index contributed by atoms with van der Waals surface area (Å²) in [6.07, 6.45) is 3.04. The van der Waals surface area contributed by atoms with Crippen LogP contribution in [-0.2, 0) is 19.6 Å². The molecular weight excluding hydrogens is 328 g/mol. The van der Waals surface area contributed by atoms with Crippen LogP contribution >= 0.6 is 0 Å². The van der Waals surface area contributed by atoms with Crippen LogP contribution < -0.4 is 5.32 Å². The largest absolute Gasteiger partial charge is 0.377 e. The van der Waals surface area contributed by atoms with Crippen molar-refractivity contribution in [1.29, 1.82) is 0 Å². The predicted molar refractivity (Wildman–Crippen MR) is 94.6 cm³/mol. The maximum Gasteiger partial charge on any atom is 0.225 e. The van der Waals surface area contributed by atoms with Gasteiger partial charge in [0.15, 0.2) is 0 Å². The van der Waals surface area contributed by atoms with Crippen LogP contribution in [0.4, 0.5) is 5.69 Å². The first-order valence-electron chi connectivity index (χ1n) is 8.19. The highest BCUT2D eigenvalue weighted by Crippen LogP contribution is 2.16. The number of nitrogens with one attached hydrogen (secondary N) is 1. The van der Waals surface area contributed by atoms with E-state index in [0.717, 1.165) is 29.7 Å². The zero-order valence-electron chi connectivity index (χ0n) is 14.5. The Hall–Kier alpha value is -1.44. The van der Waals surface area contributed by atoms with Crippen LogP contribution in [0.5, 0.6) is 0 Å². The Labute approximate surface area is 144 Å². The predicted octanol–water partition coefficient (Wildman–Crippen LogP) is 2.07. The van der Waals surface area contributed by atoms with Crippen LogP contribution in [0.15, 0.2) is 18.2 Å². The van der Waals surface area contributed by atoms with Crippen LogP contribution in [0, 0.1) is 13.8 Å². The second-order valence-corrected chi connectivity index (χ2v) is 8.41. The summed E-state index contributed by atoms with van der Waals surface area (Å²) in [7, 11) is -3.36. The van der Waals surface area contributed by atoms with Crippen molar-refractivity contribution in [3.05, 3.63) is 29.3 Å². The molecule has 1 N–H and O–H groups in total. The van der Waals surface area contributed by atoms with Crippen molar-refractivity contribution in [1.82, 2.24) is 4.31 Å². The van der Waals surface area contributed by atoms with Gasteiger partial charge in [-0.15, -0.1) is 0 Å². The first kappa shape index (κ1) is 18.9. The third-order valence-corrected chi connectivity index (χ3v) is 5.26. The van der Waals surface area contributed by atoms with Gasteiger partial charge in [-0.1, -0.05) is 6.07 Å². The fourth-order valence-electron chi connectivity index (χ4n) is 2.90. The Morgan fingerprint density at radius 3 is 2.50 bits per heavy atom. The van der Waals surface area contributed by atoms with E-state index < -0.39 is 10.0 Å². The van der Waals surface area contributed by atoms with E-state index in [1.165, 1.54) is 10.6 Å². The average Bonchev–Trinajstić information content (AvgIpc) is 2.93. The van der Waals surface area contributed by atoms with Crippen LogP contribution in [0.25, 0.3) is 0 Å². The van der Waals surface area contributed by atoms with E-state index in [4.69, 9.17) is 4.74 Å². The molecule has 0 spiro atoms. The third-order valence-electron chi connectivity index (χ3n) is 3.99. The van der Waals surface area contributed by atoms with Crippen molar-refractivity contribution in [3.8, 4) is 0 Å². The smallest absolute Gasteiger partial charge is 0.225 e. The minimum atomic E-state index is -3.36. The Kier molecular flexibility index (Phi) is 6.37. The molecule has 1 saturated heterocycles. The second-order valence-electron chi connectivity index (χ2n) is 6.43. The van der Waals surface area contributed by atoms with Gasteiger partial charge in [-0.3, -0.25) is 4.79 Å². The zero-order valence-corrected chi connectivity index (χ0v) is 15.4. The summed E-state index contributed by atoms with van der Waals surface area (Å²) < 4.78 is 30.7. The summed E-state index contributed by atoms with van der Waals surface area (Å²) >= 11 is 0. The molecular formula is C17H26N2O4S. The fourth-order valence-corrected chi connectivity index (χ4v) is 3.76. The van der Waals surface area contributed by atoms with Gasteiger partial charge in [0, 0.05) is 31.8 Å². The molecule has 0 aliphatic carbocycles. The van der Waals surface area contributed by atoms with Crippen LogP contribution in [0.1, 0.15) is 30.4 Å². The van der Waals surface area contributed by atoms with Gasteiger partial charge in [-0.2, -0.15) is 4.31 Å². The quantitative estimate of drug-likeness (QED) is 0.813. The summed E-state index contributed by atoms with van der Waals surface area (Å²) in [5.74, 6) is -0.194. The van der Waals surface area contributed by atoms with Crippen LogP contribution in [-0.4, -0.2) is 50.7 Å². The van der Waals surface area contributed by atoms with Gasteiger partial charge in [0.25, 0.3) is 0 Å². The lowest BCUT2D eigenvalue weighted by Gasteiger charge is -2.22. The molecule has 0 aromatic heterocycles. The highest BCUT2D eigenvalue weighted by molar-refractivity contribution is 7.88. The van der Waals surface area contributed by atoms with Gasteiger partial charge in [-0.25, -0.2) is 8.42 Å². The number of rotatable bonds is 7. The van der Waals surface area contributed by atoms with E-state index in [0.29, 0.717) is 13.2 Å².